The number of halogens is 1. The SMILES string of the molecule is CCOCCNC(=NC)NCCS(=O)(=O)c1ccccc1F. The maximum atomic E-state index is 13.5. The molecular weight excluding hydrogens is 309 g/mol. The van der Waals surface area contributed by atoms with Crippen LogP contribution in [-0.2, 0) is 14.6 Å². The first-order valence-electron chi connectivity index (χ1n) is 7.00. The van der Waals surface area contributed by atoms with Crippen LogP contribution >= 0.6 is 0 Å². The fraction of sp³-hybridized carbons (Fsp3) is 0.500. The number of nitrogens with zero attached hydrogens (tertiary/aromatic N) is 1. The van der Waals surface area contributed by atoms with Crippen LogP contribution in [0.15, 0.2) is 34.2 Å². The normalized spacial score (nSPS) is 12.2. The molecule has 0 saturated carbocycles. The molecule has 1 aromatic rings. The van der Waals surface area contributed by atoms with E-state index in [0.29, 0.717) is 25.7 Å². The summed E-state index contributed by atoms with van der Waals surface area (Å²) < 4.78 is 42.8. The number of sulfone groups is 1. The molecule has 0 aliphatic carbocycles. The molecule has 0 saturated heterocycles. The van der Waals surface area contributed by atoms with Crippen LogP contribution in [-0.4, -0.2) is 53.5 Å². The van der Waals surface area contributed by atoms with Gasteiger partial charge in [0.1, 0.15) is 10.7 Å². The first-order chi connectivity index (χ1) is 10.5. The molecule has 0 aliphatic heterocycles. The van der Waals surface area contributed by atoms with Crippen molar-refractivity contribution in [2.24, 2.45) is 4.99 Å². The van der Waals surface area contributed by atoms with Crippen molar-refractivity contribution in [2.45, 2.75) is 11.8 Å². The fourth-order valence-corrected chi connectivity index (χ4v) is 2.96. The van der Waals surface area contributed by atoms with Gasteiger partial charge in [0.25, 0.3) is 0 Å². The second-order valence-electron chi connectivity index (χ2n) is 4.37. The number of nitrogens with one attached hydrogen (secondary N) is 2. The summed E-state index contributed by atoms with van der Waals surface area (Å²) in [7, 11) is -2.08. The molecule has 0 unspecified atom stereocenters. The maximum absolute atomic E-state index is 13.5. The smallest absolute Gasteiger partial charge is 0.191 e. The van der Waals surface area contributed by atoms with Gasteiger partial charge in [0.15, 0.2) is 15.8 Å². The van der Waals surface area contributed by atoms with Crippen LogP contribution in [0, 0.1) is 5.82 Å². The van der Waals surface area contributed by atoms with Gasteiger partial charge in [-0.3, -0.25) is 4.99 Å². The molecule has 2 N–H and O–H groups in total. The minimum atomic E-state index is -3.67. The average molecular weight is 331 g/mol. The van der Waals surface area contributed by atoms with Gasteiger partial charge in [0.2, 0.25) is 0 Å². The Balaban J connectivity index is 2.47. The molecule has 0 bridgehead atoms. The van der Waals surface area contributed by atoms with Crippen LogP contribution in [0.1, 0.15) is 6.92 Å². The first-order valence-corrected chi connectivity index (χ1v) is 8.66. The highest BCUT2D eigenvalue weighted by Gasteiger charge is 2.18. The third-order valence-corrected chi connectivity index (χ3v) is 4.54. The number of hydrogen-bond acceptors (Lipinski definition) is 4. The van der Waals surface area contributed by atoms with Crippen LogP contribution in [0.3, 0.4) is 0 Å². The summed E-state index contributed by atoms with van der Waals surface area (Å²) in [5.74, 6) is -0.481. The molecule has 0 atom stereocenters. The van der Waals surface area contributed by atoms with E-state index in [4.69, 9.17) is 4.74 Å². The number of guanidine groups is 1. The fourth-order valence-electron chi connectivity index (χ4n) is 1.72. The summed E-state index contributed by atoms with van der Waals surface area (Å²) in [6, 6.07) is 5.35. The van der Waals surface area contributed by atoms with Crippen LogP contribution < -0.4 is 10.6 Å². The molecule has 0 amide bonds. The molecule has 6 nitrogen and oxygen atoms in total. The molecule has 0 heterocycles. The zero-order valence-corrected chi connectivity index (χ0v) is 13.6. The zero-order valence-electron chi connectivity index (χ0n) is 12.8. The Morgan fingerprint density at radius 1 is 1.27 bits per heavy atom. The van der Waals surface area contributed by atoms with Gasteiger partial charge in [0.05, 0.1) is 12.4 Å². The Labute approximate surface area is 130 Å². The lowest BCUT2D eigenvalue weighted by Gasteiger charge is -2.12. The van der Waals surface area contributed by atoms with Gasteiger partial charge < -0.3 is 15.4 Å². The maximum Gasteiger partial charge on any atom is 0.191 e. The summed E-state index contributed by atoms with van der Waals surface area (Å²) >= 11 is 0. The lowest BCUT2D eigenvalue weighted by Crippen LogP contribution is -2.41. The van der Waals surface area contributed by atoms with Crippen LogP contribution in [0.25, 0.3) is 0 Å². The van der Waals surface area contributed by atoms with Gasteiger partial charge in [-0.1, -0.05) is 12.1 Å². The van der Waals surface area contributed by atoms with Crippen molar-refractivity contribution in [3.8, 4) is 0 Å². The standard InChI is InChI=1S/C14H22FN3O3S/c1-3-21-10-8-17-14(16-2)18-9-11-22(19,20)13-7-5-4-6-12(13)15/h4-7H,3,8-11H2,1-2H3,(H2,16,17,18). The molecule has 0 radical (unpaired) electrons. The second kappa shape index (κ2) is 9.37. The molecule has 0 aromatic heterocycles. The van der Waals surface area contributed by atoms with Gasteiger partial charge in [0, 0.05) is 26.7 Å². The summed E-state index contributed by atoms with van der Waals surface area (Å²) in [5, 5.41) is 5.86. The van der Waals surface area contributed by atoms with Gasteiger partial charge in [-0.05, 0) is 19.1 Å². The highest BCUT2D eigenvalue weighted by molar-refractivity contribution is 7.91. The van der Waals surface area contributed by atoms with E-state index in [1.54, 1.807) is 7.05 Å². The lowest BCUT2D eigenvalue weighted by atomic mass is 10.3. The minimum Gasteiger partial charge on any atom is -0.380 e. The highest BCUT2D eigenvalue weighted by Crippen LogP contribution is 2.14. The predicted octanol–water partition coefficient (Wildman–Crippen LogP) is 0.801. The largest absolute Gasteiger partial charge is 0.380 e. The number of ether oxygens (including phenoxy) is 1. The lowest BCUT2D eigenvalue weighted by molar-refractivity contribution is 0.152. The monoisotopic (exact) mass is 331 g/mol. The van der Waals surface area contributed by atoms with E-state index in [2.05, 4.69) is 15.6 Å². The quantitative estimate of drug-likeness (QED) is 0.418. The van der Waals surface area contributed by atoms with E-state index in [1.165, 1.54) is 18.2 Å². The van der Waals surface area contributed by atoms with Crippen molar-refractivity contribution in [2.75, 3.05) is 39.1 Å². The van der Waals surface area contributed by atoms with Crippen molar-refractivity contribution in [1.82, 2.24) is 10.6 Å². The Morgan fingerprint density at radius 3 is 2.59 bits per heavy atom. The van der Waals surface area contributed by atoms with Gasteiger partial charge in [-0.15, -0.1) is 0 Å². The molecule has 0 spiro atoms. The molecule has 124 valence electrons. The van der Waals surface area contributed by atoms with Crippen LogP contribution in [0.4, 0.5) is 4.39 Å². The number of rotatable bonds is 8. The highest BCUT2D eigenvalue weighted by atomic mass is 32.2. The average Bonchev–Trinajstić information content (AvgIpc) is 2.50. The Hall–Kier alpha value is -1.67. The molecule has 0 aliphatic rings. The minimum absolute atomic E-state index is 0.130. The van der Waals surface area contributed by atoms with E-state index in [0.717, 1.165) is 6.07 Å². The molecule has 1 aromatic carbocycles. The number of hydrogen-bond donors (Lipinski definition) is 2. The van der Waals surface area contributed by atoms with Gasteiger partial charge in [-0.25, -0.2) is 12.8 Å². The van der Waals surface area contributed by atoms with Crippen molar-refractivity contribution >= 4 is 15.8 Å². The molecule has 22 heavy (non-hydrogen) atoms. The molecule has 8 heteroatoms. The Bertz CT molecular complexity index is 591. The van der Waals surface area contributed by atoms with Crippen LogP contribution in [0.2, 0.25) is 0 Å². The van der Waals surface area contributed by atoms with E-state index >= 15 is 0 Å². The van der Waals surface area contributed by atoms with Crippen molar-refractivity contribution in [3.63, 3.8) is 0 Å². The second-order valence-corrected chi connectivity index (χ2v) is 6.45. The zero-order chi connectivity index (χ0) is 16.4. The van der Waals surface area contributed by atoms with E-state index in [-0.39, 0.29) is 17.2 Å². The van der Waals surface area contributed by atoms with Crippen molar-refractivity contribution in [3.05, 3.63) is 30.1 Å². The summed E-state index contributed by atoms with van der Waals surface area (Å²) in [5.41, 5.74) is 0. The van der Waals surface area contributed by atoms with Gasteiger partial charge >= 0.3 is 0 Å². The van der Waals surface area contributed by atoms with E-state index in [1.807, 2.05) is 6.92 Å². The van der Waals surface area contributed by atoms with E-state index in [9.17, 15) is 12.8 Å². The summed E-state index contributed by atoms with van der Waals surface area (Å²) in [6.07, 6.45) is 0. The topological polar surface area (TPSA) is 79.8 Å². The summed E-state index contributed by atoms with van der Waals surface area (Å²) in [4.78, 5) is 3.68. The van der Waals surface area contributed by atoms with Gasteiger partial charge in [-0.2, -0.15) is 0 Å². The van der Waals surface area contributed by atoms with Crippen molar-refractivity contribution < 1.29 is 17.5 Å². The summed E-state index contributed by atoms with van der Waals surface area (Å²) in [6.45, 7) is 3.76. The third-order valence-electron chi connectivity index (χ3n) is 2.80. The Kier molecular flexibility index (Phi) is 7.83. The number of benzene rings is 1. The van der Waals surface area contributed by atoms with Crippen molar-refractivity contribution in [1.29, 1.82) is 0 Å². The Morgan fingerprint density at radius 2 is 1.95 bits per heavy atom. The van der Waals surface area contributed by atoms with E-state index < -0.39 is 15.7 Å². The van der Waals surface area contributed by atoms with Crippen LogP contribution in [0.5, 0.6) is 0 Å². The first kappa shape index (κ1) is 18.4. The predicted molar refractivity (Wildman–Crippen MR) is 84.3 cm³/mol. The molecular formula is C14H22FN3O3S. The third kappa shape index (κ3) is 5.98. The molecule has 1 rings (SSSR count). The molecule has 0 fully saturated rings. The number of aliphatic imine (C=N–C) groups is 1.